The summed E-state index contributed by atoms with van der Waals surface area (Å²) in [5.74, 6) is 0.789. The second-order valence-electron chi connectivity index (χ2n) is 6.35. The summed E-state index contributed by atoms with van der Waals surface area (Å²) in [7, 11) is -3.54. The number of thiophene rings is 1. The Hall–Kier alpha value is -1.89. The van der Waals surface area contributed by atoms with Gasteiger partial charge in [0.05, 0.1) is 11.5 Å². The van der Waals surface area contributed by atoms with Crippen molar-refractivity contribution < 1.29 is 13.2 Å². The van der Waals surface area contributed by atoms with Gasteiger partial charge in [-0.25, -0.2) is 13.1 Å². The smallest absolute Gasteiger partial charge is 0.240 e. The summed E-state index contributed by atoms with van der Waals surface area (Å²) < 4.78 is 34.8. The van der Waals surface area contributed by atoms with Gasteiger partial charge < -0.3 is 4.74 Å². The molecule has 0 saturated heterocycles. The van der Waals surface area contributed by atoms with Crippen molar-refractivity contribution in [3.05, 3.63) is 59.0 Å². The van der Waals surface area contributed by atoms with Crippen LogP contribution < -0.4 is 9.46 Å². The predicted molar refractivity (Wildman–Crippen MR) is 101 cm³/mol. The Morgan fingerprint density at radius 2 is 2.08 bits per heavy atom. The summed E-state index contributed by atoms with van der Waals surface area (Å²) in [4.78, 5) is 0.304. The molecule has 0 spiro atoms. The maximum absolute atomic E-state index is 12.7. The number of nitrogens with one attached hydrogen (secondary N) is 1. The first-order chi connectivity index (χ1) is 12.0. The van der Waals surface area contributed by atoms with Crippen LogP contribution in [0.1, 0.15) is 18.1 Å². The molecule has 0 fully saturated rings. The molecule has 2 aromatic carbocycles. The Morgan fingerprint density at radius 3 is 2.96 bits per heavy atom. The van der Waals surface area contributed by atoms with Crippen LogP contribution in [-0.4, -0.2) is 21.1 Å². The van der Waals surface area contributed by atoms with E-state index in [1.54, 1.807) is 29.5 Å². The normalized spacial score (nSPS) is 15.1. The van der Waals surface area contributed by atoms with Gasteiger partial charge in [-0.15, -0.1) is 11.3 Å². The molecule has 130 valence electrons. The van der Waals surface area contributed by atoms with Crippen LogP contribution in [0.4, 0.5) is 0 Å². The van der Waals surface area contributed by atoms with E-state index in [0.29, 0.717) is 17.9 Å². The largest absolute Gasteiger partial charge is 0.493 e. The highest BCUT2D eigenvalue weighted by Crippen LogP contribution is 2.29. The Bertz CT molecular complexity index is 1020. The summed E-state index contributed by atoms with van der Waals surface area (Å²) in [6, 6.07) is 13.1. The third-order valence-corrected chi connectivity index (χ3v) is 7.01. The van der Waals surface area contributed by atoms with Gasteiger partial charge in [-0.05, 0) is 59.5 Å². The number of rotatable bonds is 5. The average Bonchev–Trinajstić information content (AvgIpc) is 3.21. The van der Waals surface area contributed by atoms with Crippen LogP contribution in [0.25, 0.3) is 10.1 Å². The molecule has 1 aliphatic heterocycles. The van der Waals surface area contributed by atoms with E-state index in [0.717, 1.165) is 17.7 Å². The molecular weight excluding hydrogens is 354 g/mol. The molecule has 0 amide bonds. The number of ether oxygens (including phenoxy) is 1. The molecule has 0 saturated carbocycles. The minimum absolute atomic E-state index is 0.187. The molecule has 1 N–H and O–H groups in total. The first-order valence-electron chi connectivity index (χ1n) is 8.26. The van der Waals surface area contributed by atoms with Gasteiger partial charge >= 0.3 is 0 Å². The maximum atomic E-state index is 12.7. The van der Waals surface area contributed by atoms with E-state index in [1.807, 2.05) is 19.1 Å². The van der Waals surface area contributed by atoms with Gasteiger partial charge in [-0.3, -0.25) is 0 Å². The second-order valence-corrected chi connectivity index (χ2v) is 8.98. The van der Waals surface area contributed by atoms with E-state index in [9.17, 15) is 8.42 Å². The monoisotopic (exact) mass is 373 g/mol. The summed E-state index contributed by atoms with van der Waals surface area (Å²) in [5, 5.41) is 3.32. The van der Waals surface area contributed by atoms with Gasteiger partial charge in [0.1, 0.15) is 5.75 Å². The quantitative estimate of drug-likeness (QED) is 0.741. The lowest BCUT2D eigenvalue weighted by Crippen LogP contribution is -2.34. The SMILES string of the molecule is CC(Cc1csc2ccccc12)NS(=O)(=O)c1ccc2c(c1)CCO2. The van der Waals surface area contributed by atoms with Gasteiger partial charge in [-0.1, -0.05) is 18.2 Å². The van der Waals surface area contributed by atoms with E-state index in [-0.39, 0.29) is 6.04 Å². The van der Waals surface area contributed by atoms with Crippen LogP contribution >= 0.6 is 11.3 Å². The lowest BCUT2D eigenvalue weighted by atomic mass is 10.1. The fraction of sp³-hybridized carbons (Fsp3) is 0.263. The van der Waals surface area contributed by atoms with Crippen LogP contribution in [0.3, 0.4) is 0 Å². The van der Waals surface area contributed by atoms with Gasteiger partial charge in [0.25, 0.3) is 0 Å². The van der Waals surface area contributed by atoms with Crippen molar-refractivity contribution in [3.63, 3.8) is 0 Å². The molecule has 6 heteroatoms. The van der Waals surface area contributed by atoms with Crippen molar-refractivity contribution in [3.8, 4) is 5.75 Å². The zero-order valence-corrected chi connectivity index (χ0v) is 15.5. The minimum atomic E-state index is -3.54. The van der Waals surface area contributed by atoms with Crippen LogP contribution in [0, 0.1) is 0 Å². The first kappa shape index (κ1) is 16.6. The highest BCUT2D eigenvalue weighted by molar-refractivity contribution is 7.89. The number of fused-ring (bicyclic) bond motifs is 2. The van der Waals surface area contributed by atoms with Gasteiger partial charge in [0.15, 0.2) is 0 Å². The summed E-state index contributed by atoms with van der Waals surface area (Å²) in [6.45, 7) is 2.52. The lowest BCUT2D eigenvalue weighted by Gasteiger charge is -2.14. The fourth-order valence-electron chi connectivity index (χ4n) is 3.23. The minimum Gasteiger partial charge on any atom is -0.493 e. The molecule has 1 aromatic heterocycles. The standard InChI is InChI=1S/C19H19NO3S2/c1-13(10-15-12-24-19-5-3-2-4-17(15)19)20-25(21,22)16-6-7-18-14(11-16)8-9-23-18/h2-7,11-13,20H,8-10H2,1H3. The van der Waals surface area contributed by atoms with Crippen molar-refractivity contribution in [2.24, 2.45) is 0 Å². The van der Waals surface area contributed by atoms with Crippen molar-refractivity contribution in [1.82, 2.24) is 4.72 Å². The first-order valence-corrected chi connectivity index (χ1v) is 10.6. The highest BCUT2D eigenvalue weighted by atomic mass is 32.2. The zero-order chi connectivity index (χ0) is 17.4. The molecule has 3 aromatic rings. The number of benzene rings is 2. The van der Waals surface area contributed by atoms with E-state index in [1.165, 1.54) is 15.6 Å². The molecule has 4 rings (SSSR count). The Labute approximate surface area is 151 Å². The van der Waals surface area contributed by atoms with Crippen molar-refractivity contribution in [1.29, 1.82) is 0 Å². The molecular formula is C19H19NO3S2. The highest BCUT2D eigenvalue weighted by Gasteiger charge is 2.21. The van der Waals surface area contributed by atoms with Gasteiger partial charge in [-0.2, -0.15) is 0 Å². The van der Waals surface area contributed by atoms with Crippen molar-refractivity contribution in [2.45, 2.75) is 30.7 Å². The molecule has 1 unspecified atom stereocenters. The molecule has 1 atom stereocenters. The van der Waals surface area contributed by atoms with Crippen LogP contribution in [0.5, 0.6) is 5.75 Å². The summed E-state index contributed by atoms with van der Waals surface area (Å²) in [6.07, 6.45) is 1.42. The zero-order valence-electron chi connectivity index (χ0n) is 13.9. The maximum Gasteiger partial charge on any atom is 0.240 e. The van der Waals surface area contributed by atoms with E-state index < -0.39 is 10.0 Å². The van der Waals surface area contributed by atoms with E-state index >= 15 is 0 Å². The molecule has 2 heterocycles. The third-order valence-electron chi connectivity index (χ3n) is 4.41. The Balaban J connectivity index is 1.52. The van der Waals surface area contributed by atoms with E-state index in [2.05, 4.69) is 22.2 Å². The Kier molecular flexibility index (Phi) is 4.27. The van der Waals surface area contributed by atoms with Gasteiger partial charge in [0.2, 0.25) is 10.0 Å². The molecule has 0 aliphatic carbocycles. The second kappa shape index (κ2) is 6.44. The number of hydrogen-bond acceptors (Lipinski definition) is 4. The van der Waals surface area contributed by atoms with Crippen LogP contribution in [0.15, 0.2) is 52.7 Å². The summed E-state index contributed by atoms with van der Waals surface area (Å²) in [5.41, 5.74) is 2.14. The molecule has 25 heavy (non-hydrogen) atoms. The van der Waals surface area contributed by atoms with Crippen molar-refractivity contribution in [2.75, 3.05) is 6.61 Å². The predicted octanol–water partition coefficient (Wildman–Crippen LogP) is 3.75. The van der Waals surface area contributed by atoms with Crippen LogP contribution in [0.2, 0.25) is 0 Å². The fourth-order valence-corrected chi connectivity index (χ4v) is 5.49. The van der Waals surface area contributed by atoms with Crippen LogP contribution in [-0.2, 0) is 22.9 Å². The molecule has 0 bridgehead atoms. The third kappa shape index (κ3) is 3.29. The average molecular weight is 373 g/mol. The molecule has 4 nitrogen and oxygen atoms in total. The van der Waals surface area contributed by atoms with Crippen molar-refractivity contribution >= 4 is 31.4 Å². The number of sulfonamides is 1. The topological polar surface area (TPSA) is 55.4 Å². The lowest BCUT2D eigenvalue weighted by molar-refractivity contribution is 0.356. The molecule has 1 aliphatic rings. The molecule has 0 radical (unpaired) electrons. The van der Waals surface area contributed by atoms with E-state index in [4.69, 9.17) is 4.74 Å². The van der Waals surface area contributed by atoms with Gasteiger partial charge in [0, 0.05) is 17.2 Å². The summed E-state index contributed by atoms with van der Waals surface area (Å²) >= 11 is 1.69. The number of hydrogen-bond donors (Lipinski definition) is 1. The Morgan fingerprint density at radius 1 is 1.24 bits per heavy atom.